The molecule has 28 heavy (non-hydrogen) atoms. The number of nitrogens with zero attached hydrogens (tertiary/aromatic N) is 4. The largest absolute Gasteiger partial charge is 0.508 e. The fourth-order valence-corrected chi connectivity index (χ4v) is 2.58. The van der Waals surface area contributed by atoms with E-state index in [1.165, 1.54) is 18.2 Å². The van der Waals surface area contributed by atoms with Crippen molar-refractivity contribution < 1.29 is 14.6 Å². The zero-order chi connectivity index (χ0) is 20.5. The second-order valence-electron chi connectivity index (χ2n) is 7.49. The molecule has 0 aliphatic carbocycles. The number of halogens is 1. The van der Waals surface area contributed by atoms with Crippen molar-refractivity contribution >= 4 is 22.9 Å². The highest BCUT2D eigenvalue weighted by Gasteiger charge is 2.22. The minimum absolute atomic E-state index is 0.00225. The lowest BCUT2D eigenvalue weighted by molar-refractivity contribution is 0.0303. The summed E-state index contributed by atoms with van der Waals surface area (Å²) in [4.78, 5) is 13.3. The maximum Gasteiger partial charge on any atom is 0.226 e. The van der Waals surface area contributed by atoms with Crippen molar-refractivity contribution in [2.24, 2.45) is 13.0 Å². The highest BCUT2D eigenvalue weighted by molar-refractivity contribution is 5.84. The second-order valence-corrected chi connectivity index (χ2v) is 7.49. The van der Waals surface area contributed by atoms with E-state index in [0.717, 1.165) is 0 Å². The van der Waals surface area contributed by atoms with Crippen molar-refractivity contribution in [2.75, 3.05) is 17.2 Å². The van der Waals surface area contributed by atoms with Crippen molar-refractivity contribution in [3.05, 3.63) is 35.9 Å². The van der Waals surface area contributed by atoms with Gasteiger partial charge in [-0.25, -0.2) is 9.37 Å². The molecule has 0 aliphatic heterocycles. The van der Waals surface area contributed by atoms with Crippen LogP contribution in [0.1, 0.15) is 26.3 Å². The fraction of sp³-hybridized carbons (Fsp3) is 0.421. The van der Waals surface area contributed by atoms with Gasteiger partial charge in [0.15, 0.2) is 17.0 Å². The summed E-state index contributed by atoms with van der Waals surface area (Å²) in [7, 11) is 1.83. The van der Waals surface area contributed by atoms with Crippen LogP contribution >= 0.6 is 0 Å². The molecule has 0 bridgehead atoms. The molecular formula is C19H25FN6O2. The molecule has 2 aromatic heterocycles. The maximum atomic E-state index is 13.5. The van der Waals surface area contributed by atoms with Gasteiger partial charge in [0, 0.05) is 31.6 Å². The van der Waals surface area contributed by atoms with Crippen molar-refractivity contribution in [3.63, 3.8) is 0 Å². The Bertz CT molecular complexity index is 982. The number of benzene rings is 1. The Morgan fingerprint density at radius 3 is 2.71 bits per heavy atom. The summed E-state index contributed by atoms with van der Waals surface area (Å²) in [5.74, 6) is 0.394. The third-order valence-corrected chi connectivity index (χ3v) is 4.82. The number of aromatic nitrogens is 4. The molecule has 1 atom stereocenters. The second kappa shape index (κ2) is 7.59. The number of aryl methyl sites for hydroxylation is 1. The Kier molecular flexibility index (Phi) is 5.37. The minimum atomic E-state index is -0.834. The van der Waals surface area contributed by atoms with Gasteiger partial charge in [0.1, 0.15) is 11.6 Å². The normalized spacial score (nSPS) is 12.9. The Hall–Kier alpha value is -2.94. The smallest absolute Gasteiger partial charge is 0.226 e. The van der Waals surface area contributed by atoms with Gasteiger partial charge in [-0.2, -0.15) is 9.97 Å². The average Bonchev–Trinajstić information content (AvgIpc) is 3.00. The Morgan fingerprint density at radius 2 is 2.00 bits per heavy atom. The first-order chi connectivity index (χ1) is 13.1. The lowest BCUT2D eigenvalue weighted by atomic mass is 9.93. The number of fused-ring (bicyclic) bond motifs is 1. The molecule has 0 fully saturated rings. The molecule has 4 N–H and O–H groups in total. The predicted molar refractivity (Wildman–Crippen MR) is 106 cm³/mol. The Balaban J connectivity index is 1.85. The van der Waals surface area contributed by atoms with E-state index in [4.69, 9.17) is 0 Å². The monoisotopic (exact) mass is 388 g/mol. The first-order valence-electron chi connectivity index (χ1n) is 9.01. The molecular weight excluding hydrogens is 363 g/mol. The molecule has 0 amide bonds. The highest BCUT2D eigenvalue weighted by atomic mass is 19.1. The highest BCUT2D eigenvalue weighted by Crippen LogP contribution is 2.24. The van der Waals surface area contributed by atoms with Crippen LogP contribution in [-0.2, 0) is 13.6 Å². The molecule has 0 saturated carbocycles. The molecule has 1 unspecified atom stereocenters. The van der Waals surface area contributed by atoms with Crippen LogP contribution in [0.3, 0.4) is 0 Å². The third kappa shape index (κ3) is 4.30. The molecule has 0 aliphatic rings. The van der Waals surface area contributed by atoms with Gasteiger partial charge in [0.2, 0.25) is 5.95 Å². The van der Waals surface area contributed by atoms with Gasteiger partial charge in [-0.05, 0) is 32.0 Å². The topological polar surface area (TPSA) is 108 Å². The van der Waals surface area contributed by atoms with Gasteiger partial charge in [-0.1, -0.05) is 6.92 Å². The number of aliphatic hydroxyl groups is 1. The zero-order valence-electron chi connectivity index (χ0n) is 16.4. The molecule has 3 aromatic rings. The first kappa shape index (κ1) is 19.8. The quantitative estimate of drug-likeness (QED) is 0.493. The molecule has 0 spiro atoms. The molecule has 2 heterocycles. The molecule has 8 nitrogen and oxygen atoms in total. The first-order valence-corrected chi connectivity index (χ1v) is 9.01. The number of aromatic hydroxyl groups is 1. The van der Waals surface area contributed by atoms with Crippen LogP contribution in [0.5, 0.6) is 5.75 Å². The Labute approximate surface area is 162 Å². The van der Waals surface area contributed by atoms with Gasteiger partial charge in [0.25, 0.3) is 0 Å². The van der Waals surface area contributed by atoms with Gasteiger partial charge in [-0.15, -0.1) is 0 Å². The number of imidazole rings is 1. The van der Waals surface area contributed by atoms with Crippen molar-refractivity contribution in [1.29, 1.82) is 0 Å². The van der Waals surface area contributed by atoms with E-state index in [9.17, 15) is 14.6 Å². The number of hydrogen-bond acceptors (Lipinski definition) is 7. The van der Waals surface area contributed by atoms with Gasteiger partial charge in [0.05, 0.1) is 11.9 Å². The number of hydrogen-bond donors (Lipinski definition) is 4. The summed E-state index contributed by atoms with van der Waals surface area (Å²) < 4.78 is 15.2. The molecule has 1 aromatic carbocycles. The van der Waals surface area contributed by atoms with Crippen LogP contribution in [0.25, 0.3) is 11.2 Å². The van der Waals surface area contributed by atoms with Crippen LogP contribution in [0.15, 0.2) is 24.5 Å². The number of rotatable bonds is 7. The number of phenolic OH excluding ortho intramolecular Hbond substituents is 1. The van der Waals surface area contributed by atoms with E-state index < -0.39 is 11.4 Å². The molecule has 3 rings (SSSR count). The molecule has 0 saturated heterocycles. The number of phenols is 1. The number of anilines is 2. The van der Waals surface area contributed by atoms with Crippen LogP contribution in [0, 0.1) is 11.7 Å². The van der Waals surface area contributed by atoms with E-state index in [2.05, 4.69) is 25.6 Å². The van der Waals surface area contributed by atoms with Crippen LogP contribution < -0.4 is 10.6 Å². The molecule has 9 heteroatoms. The van der Waals surface area contributed by atoms with Gasteiger partial charge in [-0.3, -0.25) is 0 Å². The summed E-state index contributed by atoms with van der Waals surface area (Å²) in [5, 5.41) is 26.3. The molecule has 150 valence electrons. The van der Waals surface area contributed by atoms with Gasteiger partial charge < -0.3 is 25.4 Å². The lowest BCUT2D eigenvalue weighted by Crippen LogP contribution is -2.33. The van der Waals surface area contributed by atoms with Crippen LogP contribution in [-0.4, -0.2) is 41.9 Å². The summed E-state index contributed by atoms with van der Waals surface area (Å²) in [5.41, 5.74) is 0.770. The van der Waals surface area contributed by atoms with Crippen molar-refractivity contribution in [1.82, 2.24) is 19.5 Å². The summed E-state index contributed by atoms with van der Waals surface area (Å²) >= 11 is 0. The summed E-state index contributed by atoms with van der Waals surface area (Å²) in [6, 6.07) is 3.78. The SMILES string of the molecule is CC(CNc1nc(NCc2cc(F)ccc2O)c2ncn(C)c2n1)C(C)(C)O. The van der Waals surface area contributed by atoms with Crippen molar-refractivity contribution in [3.8, 4) is 5.75 Å². The van der Waals surface area contributed by atoms with E-state index >= 15 is 0 Å². The summed E-state index contributed by atoms with van der Waals surface area (Å²) in [6.07, 6.45) is 1.63. The van der Waals surface area contributed by atoms with Crippen molar-refractivity contribution in [2.45, 2.75) is 32.9 Å². The lowest BCUT2D eigenvalue weighted by Gasteiger charge is -2.25. The average molecular weight is 388 g/mol. The predicted octanol–water partition coefficient (Wildman–Crippen LogP) is 2.64. The number of nitrogens with one attached hydrogen (secondary N) is 2. The third-order valence-electron chi connectivity index (χ3n) is 4.82. The fourth-order valence-electron chi connectivity index (χ4n) is 2.58. The van der Waals surface area contributed by atoms with Gasteiger partial charge >= 0.3 is 0 Å². The van der Waals surface area contributed by atoms with Crippen LogP contribution in [0.4, 0.5) is 16.2 Å². The molecule has 0 radical (unpaired) electrons. The standard InChI is InChI=1S/C19H25FN6O2/c1-11(19(2,3)28)8-22-18-24-16(15-17(25-18)26(4)10-23-15)21-9-12-7-13(20)5-6-14(12)27/h5-7,10-11,27-28H,8-9H2,1-4H3,(H2,21,22,24,25). The van der Waals surface area contributed by atoms with E-state index in [0.29, 0.717) is 35.0 Å². The van der Waals surface area contributed by atoms with Crippen LogP contribution in [0.2, 0.25) is 0 Å². The summed E-state index contributed by atoms with van der Waals surface area (Å²) in [6.45, 7) is 6.09. The van der Waals surface area contributed by atoms with E-state index in [-0.39, 0.29) is 18.2 Å². The van der Waals surface area contributed by atoms with E-state index in [1.54, 1.807) is 24.7 Å². The minimum Gasteiger partial charge on any atom is -0.508 e. The van der Waals surface area contributed by atoms with E-state index in [1.807, 2.05) is 14.0 Å². The zero-order valence-corrected chi connectivity index (χ0v) is 16.4. The maximum absolute atomic E-state index is 13.5. The Morgan fingerprint density at radius 1 is 1.25 bits per heavy atom.